The Kier molecular flexibility index (Phi) is 6.80. The number of rotatable bonds is 6. The lowest BCUT2D eigenvalue weighted by Gasteiger charge is -2.35. The fourth-order valence-corrected chi connectivity index (χ4v) is 4.80. The number of ether oxygens (including phenoxy) is 1. The molecule has 1 aliphatic rings. The van der Waals surface area contributed by atoms with Gasteiger partial charge >= 0.3 is 0 Å². The van der Waals surface area contributed by atoms with Crippen LogP contribution in [0.2, 0.25) is 0 Å². The first-order valence-corrected chi connectivity index (χ1v) is 11.5. The number of carbonyl (C=O) groups excluding carboxylic acids is 1. The van der Waals surface area contributed by atoms with Gasteiger partial charge in [-0.05, 0) is 44.0 Å². The number of aromatic nitrogens is 1. The van der Waals surface area contributed by atoms with Crippen molar-refractivity contribution in [3.63, 3.8) is 0 Å². The number of morpholine rings is 1. The van der Waals surface area contributed by atoms with E-state index in [2.05, 4.69) is 60.2 Å². The van der Waals surface area contributed by atoms with Crippen molar-refractivity contribution in [3.05, 3.63) is 81.9 Å². The van der Waals surface area contributed by atoms with Crippen LogP contribution in [-0.2, 0) is 17.7 Å². The Morgan fingerprint density at radius 2 is 1.71 bits per heavy atom. The molecule has 6 heteroatoms. The zero-order valence-corrected chi connectivity index (χ0v) is 19.1. The molecule has 1 fully saturated rings. The molecule has 1 saturated heterocycles. The Morgan fingerprint density at radius 3 is 2.39 bits per heavy atom. The van der Waals surface area contributed by atoms with Gasteiger partial charge in [-0.25, -0.2) is 4.98 Å². The summed E-state index contributed by atoms with van der Waals surface area (Å²) in [6, 6.07) is 16.3. The summed E-state index contributed by atoms with van der Waals surface area (Å²) in [5.74, 6) is -0.128. The van der Waals surface area contributed by atoms with Crippen molar-refractivity contribution in [2.24, 2.45) is 0 Å². The van der Waals surface area contributed by atoms with Gasteiger partial charge in [-0.2, -0.15) is 0 Å². The monoisotopic (exact) mass is 435 g/mol. The van der Waals surface area contributed by atoms with Gasteiger partial charge in [0.05, 0.1) is 12.2 Å². The van der Waals surface area contributed by atoms with E-state index in [-0.39, 0.29) is 18.1 Å². The van der Waals surface area contributed by atoms with Crippen molar-refractivity contribution in [1.82, 2.24) is 9.88 Å². The second kappa shape index (κ2) is 9.73. The Labute approximate surface area is 188 Å². The molecule has 0 aliphatic carbocycles. The molecule has 5 nitrogen and oxygen atoms in total. The van der Waals surface area contributed by atoms with Gasteiger partial charge in [-0.1, -0.05) is 42.0 Å². The summed E-state index contributed by atoms with van der Waals surface area (Å²) in [5, 5.41) is 3.56. The van der Waals surface area contributed by atoms with Crippen LogP contribution in [0.4, 0.5) is 5.13 Å². The minimum atomic E-state index is -0.128. The highest BCUT2D eigenvalue weighted by Gasteiger charge is 2.22. The molecule has 4 rings (SSSR count). The van der Waals surface area contributed by atoms with Crippen LogP contribution in [0.5, 0.6) is 0 Å². The lowest BCUT2D eigenvalue weighted by atomic mass is 10.1. The van der Waals surface area contributed by atoms with Crippen molar-refractivity contribution < 1.29 is 9.53 Å². The molecule has 2 atom stereocenters. The van der Waals surface area contributed by atoms with E-state index < -0.39 is 0 Å². The van der Waals surface area contributed by atoms with Crippen molar-refractivity contribution in [2.45, 2.75) is 45.9 Å². The van der Waals surface area contributed by atoms with Crippen LogP contribution >= 0.6 is 11.3 Å². The Morgan fingerprint density at radius 1 is 1.06 bits per heavy atom. The standard InChI is InChI=1S/C25H29N3O2S/c1-17-4-6-20(7-5-17)12-23-13-26-25(31-23)27-24(29)22-10-8-21(9-11-22)16-28-14-18(2)30-19(3)15-28/h4-11,13,18-19H,12,14-16H2,1-3H3,(H,26,27,29). The highest BCUT2D eigenvalue weighted by molar-refractivity contribution is 7.15. The van der Waals surface area contributed by atoms with Gasteiger partial charge in [0.2, 0.25) is 0 Å². The molecule has 0 bridgehead atoms. The maximum atomic E-state index is 12.6. The van der Waals surface area contributed by atoms with Crippen LogP contribution in [0.15, 0.2) is 54.7 Å². The van der Waals surface area contributed by atoms with Crippen molar-refractivity contribution in [1.29, 1.82) is 0 Å². The van der Waals surface area contributed by atoms with Crippen molar-refractivity contribution in [2.75, 3.05) is 18.4 Å². The molecule has 2 unspecified atom stereocenters. The number of nitrogens with one attached hydrogen (secondary N) is 1. The molecule has 1 N–H and O–H groups in total. The van der Waals surface area contributed by atoms with Crippen LogP contribution in [0.3, 0.4) is 0 Å². The van der Waals surface area contributed by atoms with Gasteiger partial charge in [-0.3, -0.25) is 15.0 Å². The van der Waals surface area contributed by atoms with E-state index in [1.54, 1.807) is 0 Å². The number of hydrogen-bond acceptors (Lipinski definition) is 5. The second-order valence-corrected chi connectivity index (χ2v) is 9.51. The molecule has 1 aliphatic heterocycles. The molecular weight excluding hydrogens is 406 g/mol. The normalized spacial score (nSPS) is 19.3. The zero-order chi connectivity index (χ0) is 21.8. The largest absolute Gasteiger partial charge is 0.373 e. The first-order valence-electron chi connectivity index (χ1n) is 10.7. The van der Waals surface area contributed by atoms with E-state index in [0.717, 1.165) is 30.9 Å². The molecule has 0 spiro atoms. The van der Waals surface area contributed by atoms with Gasteiger partial charge in [0.25, 0.3) is 5.91 Å². The second-order valence-electron chi connectivity index (χ2n) is 8.40. The lowest BCUT2D eigenvalue weighted by Crippen LogP contribution is -2.44. The summed E-state index contributed by atoms with van der Waals surface area (Å²) in [4.78, 5) is 20.5. The third-order valence-corrected chi connectivity index (χ3v) is 6.30. The van der Waals surface area contributed by atoms with Gasteiger partial charge in [-0.15, -0.1) is 11.3 Å². The average molecular weight is 436 g/mol. The smallest absolute Gasteiger partial charge is 0.257 e. The molecule has 162 valence electrons. The summed E-state index contributed by atoms with van der Waals surface area (Å²) >= 11 is 1.52. The molecule has 2 heterocycles. The highest BCUT2D eigenvalue weighted by Crippen LogP contribution is 2.22. The van der Waals surface area contributed by atoms with Gasteiger partial charge in [0, 0.05) is 42.7 Å². The molecular formula is C25H29N3O2S. The third kappa shape index (κ3) is 6.00. The van der Waals surface area contributed by atoms with Crippen molar-refractivity contribution in [3.8, 4) is 0 Å². The highest BCUT2D eigenvalue weighted by atomic mass is 32.1. The number of hydrogen-bond donors (Lipinski definition) is 1. The van der Waals surface area contributed by atoms with Crippen LogP contribution in [0, 0.1) is 6.92 Å². The predicted octanol–water partition coefficient (Wildman–Crippen LogP) is 4.90. The topological polar surface area (TPSA) is 54.5 Å². The van der Waals surface area contributed by atoms with E-state index in [0.29, 0.717) is 10.7 Å². The first-order chi connectivity index (χ1) is 14.9. The van der Waals surface area contributed by atoms with Crippen molar-refractivity contribution >= 4 is 22.4 Å². The van der Waals surface area contributed by atoms with Gasteiger partial charge in [0.15, 0.2) is 5.13 Å². The van der Waals surface area contributed by atoms with Gasteiger partial charge in [0.1, 0.15) is 0 Å². The summed E-state index contributed by atoms with van der Waals surface area (Å²) in [7, 11) is 0. The van der Waals surface area contributed by atoms with Crippen LogP contribution in [0.25, 0.3) is 0 Å². The quantitative estimate of drug-likeness (QED) is 0.598. The number of aryl methyl sites for hydroxylation is 1. The summed E-state index contributed by atoms with van der Waals surface area (Å²) < 4.78 is 5.80. The zero-order valence-electron chi connectivity index (χ0n) is 18.3. The molecule has 1 aromatic heterocycles. The Bertz CT molecular complexity index is 1000. The molecule has 2 aromatic carbocycles. The minimum absolute atomic E-state index is 0.128. The number of thiazole rings is 1. The third-order valence-electron chi connectivity index (χ3n) is 5.39. The molecule has 1 amide bonds. The number of amides is 1. The Balaban J connectivity index is 1.32. The summed E-state index contributed by atoms with van der Waals surface area (Å²) in [6.45, 7) is 9.04. The fraction of sp³-hybridized carbons (Fsp3) is 0.360. The van der Waals surface area contributed by atoms with Crippen LogP contribution in [-0.4, -0.2) is 41.1 Å². The molecule has 0 radical (unpaired) electrons. The predicted molar refractivity (Wildman–Crippen MR) is 126 cm³/mol. The summed E-state index contributed by atoms with van der Waals surface area (Å²) in [6.07, 6.45) is 3.17. The number of anilines is 1. The fourth-order valence-electron chi connectivity index (χ4n) is 3.96. The van der Waals surface area contributed by atoms with E-state index >= 15 is 0 Å². The summed E-state index contributed by atoms with van der Waals surface area (Å²) in [5.41, 5.74) is 4.34. The lowest BCUT2D eigenvalue weighted by molar-refractivity contribution is -0.0704. The first kappa shape index (κ1) is 21.7. The maximum Gasteiger partial charge on any atom is 0.257 e. The average Bonchev–Trinajstić information content (AvgIpc) is 3.16. The minimum Gasteiger partial charge on any atom is -0.373 e. The van der Waals surface area contributed by atoms with Crippen LogP contribution < -0.4 is 5.32 Å². The maximum absolute atomic E-state index is 12.6. The molecule has 3 aromatic rings. The van der Waals surface area contributed by atoms with E-state index in [9.17, 15) is 4.79 Å². The number of nitrogens with zero attached hydrogens (tertiary/aromatic N) is 2. The number of carbonyl (C=O) groups is 1. The number of benzene rings is 2. The Hall–Kier alpha value is -2.54. The van der Waals surface area contributed by atoms with E-state index in [4.69, 9.17) is 4.74 Å². The molecule has 0 saturated carbocycles. The molecule has 31 heavy (non-hydrogen) atoms. The van der Waals surface area contributed by atoms with Gasteiger partial charge < -0.3 is 4.74 Å². The van der Waals surface area contributed by atoms with E-state index in [1.165, 1.54) is 28.0 Å². The van der Waals surface area contributed by atoms with E-state index in [1.807, 2.05) is 30.5 Å². The SMILES string of the molecule is Cc1ccc(Cc2cnc(NC(=O)c3ccc(CN4CC(C)OC(C)C4)cc3)s2)cc1. The van der Waals surface area contributed by atoms with Crippen LogP contribution in [0.1, 0.15) is 45.8 Å².